The van der Waals surface area contributed by atoms with Crippen LogP contribution in [0.2, 0.25) is 0 Å². The Hall–Kier alpha value is -0.380. The van der Waals surface area contributed by atoms with Gasteiger partial charge < -0.3 is 14.9 Å². The molecule has 1 heterocycles. The van der Waals surface area contributed by atoms with Crippen LogP contribution in [0, 0.1) is 0 Å². The lowest BCUT2D eigenvalue weighted by Crippen LogP contribution is -2.25. The summed E-state index contributed by atoms with van der Waals surface area (Å²) in [7, 11) is 0. The molecule has 1 aliphatic rings. The van der Waals surface area contributed by atoms with Crippen molar-refractivity contribution in [2.45, 2.75) is 25.2 Å². The van der Waals surface area contributed by atoms with E-state index in [9.17, 15) is 5.11 Å². The van der Waals surface area contributed by atoms with E-state index in [0.29, 0.717) is 5.57 Å². The van der Waals surface area contributed by atoms with Gasteiger partial charge in [-0.05, 0) is 12.5 Å². The lowest BCUT2D eigenvalue weighted by molar-refractivity contribution is -0.0170. The number of rotatable bonds is 1. The van der Waals surface area contributed by atoms with Crippen molar-refractivity contribution in [3.63, 3.8) is 0 Å². The summed E-state index contributed by atoms with van der Waals surface area (Å²) in [6.07, 6.45) is -1.30. The zero-order valence-electron chi connectivity index (χ0n) is 5.95. The van der Waals surface area contributed by atoms with E-state index in [1.54, 1.807) is 6.92 Å². The van der Waals surface area contributed by atoms with Crippen LogP contribution in [0.4, 0.5) is 0 Å². The summed E-state index contributed by atoms with van der Waals surface area (Å²) in [6.45, 7) is 5.29. The average Bonchev–Trinajstić information content (AvgIpc) is 2.17. The van der Waals surface area contributed by atoms with Crippen LogP contribution in [0.3, 0.4) is 0 Å². The van der Waals surface area contributed by atoms with Crippen molar-refractivity contribution in [2.24, 2.45) is 0 Å². The third-order valence-corrected chi connectivity index (χ3v) is 1.81. The second kappa shape index (κ2) is 2.70. The molecule has 0 aromatic carbocycles. The van der Waals surface area contributed by atoms with Crippen molar-refractivity contribution >= 4 is 0 Å². The van der Waals surface area contributed by atoms with Gasteiger partial charge in [-0.2, -0.15) is 0 Å². The van der Waals surface area contributed by atoms with Crippen LogP contribution in [-0.4, -0.2) is 35.1 Å². The van der Waals surface area contributed by atoms with Crippen LogP contribution >= 0.6 is 0 Å². The van der Waals surface area contributed by atoms with Crippen LogP contribution < -0.4 is 0 Å². The quantitative estimate of drug-likeness (QED) is 0.496. The maximum Gasteiger partial charge on any atom is 0.111 e. The number of hydrogen-bond donors (Lipinski definition) is 2. The van der Waals surface area contributed by atoms with Crippen molar-refractivity contribution in [1.82, 2.24) is 0 Å². The Balaban J connectivity index is 2.61. The smallest absolute Gasteiger partial charge is 0.111 e. The molecule has 1 rings (SSSR count). The van der Waals surface area contributed by atoms with Gasteiger partial charge in [-0.1, -0.05) is 6.58 Å². The molecule has 0 spiro atoms. The number of aliphatic hydroxyl groups excluding tert-OH is 2. The lowest BCUT2D eigenvalue weighted by atomic mass is 10.1. The van der Waals surface area contributed by atoms with Crippen LogP contribution in [0.5, 0.6) is 0 Å². The van der Waals surface area contributed by atoms with E-state index in [2.05, 4.69) is 6.58 Å². The second-order valence-corrected chi connectivity index (χ2v) is 2.52. The fourth-order valence-corrected chi connectivity index (χ4v) is 1.05. The summed E-state index contributed by atoms with van der Waals surface area (Å²) < 4.78 is 5.14. The molecule has 0 aromatic rings. The van der Waals surface area contributed by atoms with Crippen LogP contribution in [-0.2, 0) is 4.74 Å². The van der Waals surface area contributed by atoms with E-state index in [1.807, 2.05) is 0 Å². The Morgan fingerprint density at radius 3 is 2.50 bits per heavy atom. The standard InChI is InChI=1S/C7H12O3/c1-4-5(2)10-6(3-8)7(4)9/h5-9H,1,3H2,2H3/t5-,6+,7?/m0/s1. The van der Waals surface area contributed by atoms with E-state index >= 15 is 0 Å². The maximum absolute atomic E-state index is 9.24. The van der Waals surface area contributed by atoms with Crippen LogP contribution in [0.15, 0.2) is 12.2 Å². The van der Waals surface area contributed by atoms with Crippen molar-refractivity contribution in [3.05, 3.63) is 12.2 Å². The SMILES string of the molecule is C=C1C(O)[C@@H](CO)O[C@H]1C. The molecule has 1 aliphatic heterocycles. The van der Waals surface area contributed by atoms with Gasteiger partial charge in [0, 0.05) is 0 Å². The summed E-state index contributed by atoms with van der Waals surface area (Å²) in [5, 5.41) is 17.9. The van der Waals surface area contributed by atoms with E-state index in [4.69, 9.17) is 9.84 Å². The summed E-state index contributed by atoms with van der Waals surface area (Å²) >= 11 is 0. The molecule has 3 nitrogen and oxygen atoms in total. The molecular formula is C7H12O3. The fraction of sp³-hybridized carbons (Fsp3) is 0.714. The van der Waals surface area contributed by atoms with Crippen LogP contribution in [0.25, 0.3) is 0 Å². The zero-order chi connectivity index (χ0) is 7.72. The van der Waals surface area contributed by atoms with E-state index in [-0.39, 0.29) is 12.7 Å². The van der Waals surface area contributed by atoms with Crippen molar-refractivity contribution < 1.29 is 14.9 Å². The summed E-state index contributed by atoms with van der Waals surface area (Å²) in [6, 6.07) is 0. The van der Waals surface area contributed by atoms with Crippen molar-refractivity contribution in [3.8, 4) is 0 Å². The molecule has 0 radical (unpaired) electrons. The Morgan fingerprint density at radius 1 is 1.70 bits per heavy atom. The first-order valence-electron chi connectivity index (χ1n) is 3.30. The van der Waals surface area contributed by atoms with E-state index in [0.717, 1.165) is 0 Å². The van der Waals surface area contributed by atoms with Gasteiger partial charge in [0.25, 0.3) is 0 Å². The van der Waals surface area contributed by atoms with Crippen molar-refractivity contribution in [1.29, 1.82) is 0 Å². The number of ether oxygens (including phenoxy) is 1. The molecule has 0 aliphatic carbocycles. The van der Waals surface area contributed by atoms with Crippen LogP contribution in [0.1, 0.15) is 6.92 Å². The minimum absolute atomic E-state index is 0.132. The molecular weight excluding hydrogens is 132 g/mol. The lowest BCUT2D eigenvalue weighted by Gasteiger charge is -2.08. The molecule has 1 fully saturated rings. The largest absolute Gasteiger partial charge is 0.394 e. The van der Waals surface area contributed by atoms with Gasteiger partial charge in [0.05, 0.1) is 12.7 Å². The molecule has 58 valence electrons. The molecule has 10 heavy (non-hydrogen) atoms. The third-order valence-electron chi connectivity index (χ3n) is 1.81. The normalized spacial score (nSPS) is 40.7. The van der Waals surface area contributed by atoms with Gasteiger partial charge in [-0.3, -0.25) is 0 Å². The predicted octanol–water partition coefficient (Wildman–Crippen LogP) is -0.317. The highest BCUT2D eigenvalue weighted by atomic mass is 16.5. The molecule has 1 unspecified atom stereocenters. The molecule has 0 bridgehead atoms. The van der Waals surface area contributed by atoms with Gasteiger partial charge in [0.1, 0.15) is 12.2 Å². The maximum atomic E-state index is 9.24. The Morgan fingerprint density at radius 2 is 2.30 bits per heavy atom. The zero-order valence-corrected chi connectivity index (χ0v) is 5.95. The topological polar surface area (TPSA) is 49.7 Å². The van der Waals surface area contributed by atoms with E-state index in [1.165, 1.54) is 0 Å². The molecule has 3 atom stereocenters. The minimum atomic E-state index is -0.694. The molecule has 3 heteroatoms. The third kappa shape index (κ3) is 1.08. The summed E-state index contributed by atoms with van der Waals surface area (Å²) in [4.78, 5) is 0. The molecule has 0 saturated carbocycles. The monoisotopic (exact) mass is 144 g/mol. The number of hydrogen-bond acceptors (Lipinski definition) is 3. The van der Waals surface area contributed by atoms with Gasteiger partial charge >= 0.3 is 0 Å². The first-order chi connectivity index (χ1) is 4.66. The predicted molar refractivity (Wildman–Crippen MR) is 36.6 cm³/mol. The Bertz CT molecular complexity index is 144. The molecule has 1 saturated heterocycles. The van der Waals surface area contributed by atoms with Gasteiger partial charge in [0.15, 0.2) is 0 Å². The first-order valence-corrected chi connectivity index (χ1v) is 3.30. The van der Waals surface area contributed by atoms with Crippen molar-refractivity contribution in [2.75, 3.05) is 6.61 Å². The van der Waals surface area contributed by atoms with E-state index < -0.39 is 12.2 Å². The average molecular weight is 144 g/mol. The van der Waals surface area contributed by atoms with Gasteiger partial charge in [-0.25, -0.2) is 0 Å². The van der Waals surface area contributed by atoms with Gasteiger partial charge in [0.2, 0.25) is 0 Å². The van der Waals surface area contributed by atoms with Gasteiger partial charge in [-0.15, -0.1) is 0 Å². The molecule has 0 amide bonds. The second-order valence-electron chi connectivity index (χ2n) is 2.52. The fourth-order valence-electron chi connectivity index (χ4n) is 1.05. The highest BCUT2D eigenvalue weighted by Crippen LogP contribution is 2.23. The Kier molecular flexibility index (Phi) is 2.08. The minimum Gasteiger partial charge on any atom is -0.394 e. The summed E-state index contributed by atoms with van der Waals surface area (Å²) in [5.74, 6) is 0. The number of aliphatic hydroxyl groups is 2. The molecule has 2 N–H and O–H groups in total. The molecule has 0 aromatic heterocycles. The highest BCUT2D eigenvalue weighted by molar-refractivity contribution is 5.14. The highest BCUT2D eigenvalue weighted by Gasteiger charge is 2.33. The first kappa shape index (κ1) is 7.72. The Labute approximate surface area is 59.9 Å². The summed E-state index contributed by atoms with van der Waals surface area (Å²) in [5.41, 5.74) is 0.652.